The highest BCUT2D eigenvalue weighted by Crippen LogP contribution is 2.37. The summed E-state index contributed by atoms with van der Waals surface area (Å²) >= 11 is 0. The minimum atomic E-state index is -1.93. The standard InChI is InChI=1S/C13H26O4Si/c1-10(11(14)8-9-12(15)16-5)17-18(6,7)13(2,3)4/h10H,8-9H2,1-7H3/t10-/m0/s1. The molecule has 0 aromatic carbocycles. The molecule has 0 aliphatic rings. The van der Waals surface area contributed by atoms with E-state index in [9.17, 15) is 9.59 Å². The molecule has 0 bridgehead atoms. The van der Waals surface area contributed by atoms with Crippen LogP contribution in [0.5, 0.6) is 0 Å². The van der Waals surface area contributed by atoms with Gasteiger partial charge in [0.2, 0.25) is 0 Å². The summed E-state index contributed by atoms with van der Waals surface area (Å²) < 4.78 is 10.5. The molecular weight excluding hydrogens is 248 g/mol. The van der Waals surface area contributed by atoms with Crippen molar-refractivity contribution in [1.29, 1.82) is 0 Å². The van der Waals surface area contributed by atoms with Crippen LogP contribution in [0.4, 0.5) is 0 Å². The van der Waals surface area contributed by atoms with Gasteiger partial charge in [-0.05, 0) is 25.1 Å². The zero-order chi connectivity index (χ0) is 14.6. The smallest absolute Gasteiger partial charge is 0.305 e. The van der Waals surface area contributed by atoms with Crippen LogP contribution in [0, 0.1) is 0 Å². The number of rotatable bonds is 6. The summed E-state index contributed by atoms with van der Waals surface area (Å²) in [5.74, 6) is -0.395. The van der Waals surface area contributed by atoms with E-state index in [0.29, 0.717) is 0 Å². The van der Waals surface area contributed by atoms with Gasteiger partial charge in [-0.3, -0.25) is 9.59 Å². The highest BCUT2D eigenvalue weighted by molar-refractivity contribution is 6.74. The summed E-state index contributed by atoms with van der Waals surface area (Å²) in [5, 5.41) is 0.0733. The molecule has 0 spiro atoms. The number of esters is 1. The fraction of sp³-hybridized carbons (Fsp3) is 0.846. The van der Waals surface area contributed by atoms with Gasteiger partial charge in [0, 0.05) is 6.42 Å². The third-order valence-electron chi connectivity index (χ3n) is 3.53. The van der Waals surface area contributed by atoms with Crippen molar-refractivity contribution in [3.63, 3.8) is 0 Å². The molecular formula is C13H26O4Si. The first-order chi connectivity index (χ1) is 8.01. The van der Waals surface area contributed by atoms with Crippen molar-refractivity contribution in [1.82, 2.24) is 0 Å². The third-order valence-corrected chi connectivity index (χ3v) is 8.09. The lowest BCUT2D eigenvalue weighted by Crippen LogP contribution is -2.45. The molecule has 0 N–H and O–H groups in total. The van der Waals surface area contributed by atoms with E-state index in [2.05, 4.69) is 38.6 Å². The van der Waals surface area contributed by atoms with Crippen molar-refractivity contribution in [3.8, 4) is 0 Å². The summed E-state index contributed by atoms with van der Waals surface area (Å²) in [4.78, 5) is 22.8. The maximum atomic E-state index is 11.9. The van der Waals surface area contributed by atoms with Crippen molar-refractivity contribution in [2.24, 2.45) is 0 Å². The Balaban J connectivity index is 4.37. The Morgan fingerprint density at radius 2 is 1.67 bits per heavy atom. The second-order valence-electron chi connectivity index (χ2n) is 6.06. The summed E-state index contributed by atoms with van der Waals surface area (Å²) in [7, 11) is -0.610. The van der Waals surface area contributed by atoms with Gasteiger partial charge in [0.1, 0.15) is 6.10 Å². The molecule has 0 heterocycles. The Morgan fingerprint density at radius 3 is 2.06 bits per heavy atom. The molecule has 0 fully saturated rings. The zero-order valence-corrected chi connectivity index (χ0v) is 13.6. The van der Waals surface area contributed by atoms with Gasteiger partial charge in [-0.2, -0.15) is 0 Å². The minimum Gasteiger partial charge on any atom is -0.469 e. The van der Waals surface area contributed by atoms with Gasteiger partial charge in [0.15, 0.2) is 14.1 Å². The first kappa shape index (κ1) is 17.3. The predicted octanol–water partition coefficient (Wildman–Crippen LogP) is 2.92. The lowest BCUT2D eigenvalue weighted by atomic mass is 10.1. The summed E-state index contributed by atoms with van der Waals surface area (Å²) in [5.41, 5.74) is 0. The molecule has 0 rings (SSSR count). The van der Waals surface area contributed by atoms with E-state index >= 15 is 0 Å². The van der Waals surface area contributed by atoms with E-state index in [4.69, 9.17) is 4.43 Å². The molecule has 0 aliphatic heterocycles. The second-order valence-corrected chi connectivity index (χ2v) is 10.8. The van der Waals surface area contributed by atoms with Crippen LogP contribution in [0.3, 0.4) is 0 Å². The van der Waals surface area contributed by atoms with E-state index in [1.807, 2.05) is 0 Å². The van der Waals surface area contributed by atoms with Gasteiger partial charge in [0.05, 0.1) is 13.5 Å². The normalized spacial score (nSPS) is 14.2. The van der Waals surface area contributed by atoms with Crippen molar-refractivity contribution in [2.45, 2.75) is 64.8 Å². The molecule has 5 heteroatoms. The number of Topliss-reactive ketones (excluding diaryl/α,β-unsaturated/α-hetero) is 1. The van der Waals surface area contributed by atoms with E-state index in [1.54, 1.807) is 6.92 Å². The van der Waals surface area contributed by atoms with Gasteiger partial charge in [-0.1, -0.05) is 20.8 Å². The van der Waals surface area contributed by atoms with Crippen LogP contribution in [-0.4, -0.2) is 33.3 Å². The number of carbonyl (C=O) groups excluding carboxylic acids is 2. The molecule has 0 saturated carbocycles. The predicted molar refractivity (Wildman–Crippen MR) is 74.0 cm³/mol. The first-order valence-corrected chi connectivity index (χ1v) is 9.19. The van der Waals surface area contributed by atoms with Gasteiger partial charge >= 0.3 is 5.97 Å². The Hall–Kier alpha value is -0.683. The maximum Gasteiger partial charge on any atom is 0.305 e. The fourth-order valence-electron chi connectivity index (χ4n) is 1.22. The molecule has 0 unspecified atom stereocenters. The van der Waals surface area contributed by atoms with Crippen LogP contribution >= 0.6 is 0 Å². The lowest BCUT2D eigenvalue weighted by molar-refractivity contribution is -0.142. The van der Waals surface area contributed by atoms with Crippen molar-refractivity contribution in [2.75, 3.05) is 7.11 Å². The Kier molecular flexibility index (Phi) is 6.23. The fourth-order valence-corrected chi connectivity index (χ4v) is 2.58. The van der Waals surface area contributed by atoms with Crippen LogP contribution in [0.25, 0.3) is 0 Å². The molecule has 1 atom stereocenters. The highest BCUT2D eigenvalue weighted by Gasteiger charge is 2.39. The van der Waals surface area contributed by atoms with E-state index in [1.165, 1.54) is 7.11 Å². The van der Waals surface area contributed by atoms with Crippen LogP contribution in [0.15, 0.2) is 0 Å². The van der Waals surface area contributed by atoms with Gasteiger partial charge in [-0.25, -0.2) is 0 Å². The van der Waals surface area contributed by atoms with Crippen molar-refractivity contribution < 1.29 is 18.8 Å². The molecule has 18 heavy (non-hydrogen) atoms. The van der Waals surface area contributed by atoms with E-state index < -0.39 is 14.4 Å². The lowest BCUT2D eigenvalue weighted by Gasteiger charge is -2.38. The maximum absolute atomic E-state index is 11.9. The monoisotopic (exact) mass is 274 g/mol. The molecule has 0 amide bonds. The van der Waals surface area contributed by atoms with Crippen LogP contribution < -0.4 is 0 Å². The molecule has 0 aliphatic carbocycles. The molecule has 0 aromatic heterocycles. The largest absolute Gasteiger partial charge is 0.469 e. The Morgan fingerprint density at radius 1 is 1.17 bits per heavy atom. The van der Waals surface area contributed by atoms with Gasteiger partial charge in [0.25, 0.3) is 0 Å². The summed E-state index contributed by atoms with van der Waals surface area (Å²) in [6.07, 6.45) is -0.140. The summed E-state index contributed by atoms with van der Waals surface area (Å²) in [6.45, 7) is 12.4. The van der Waals surface area contributed by atoms with Gasteiger partial charge < -0.3 is 9.16 Å². The molecule has 4 nitrogen and oxygen atoms in total. The second kappa shape index (κ2) is 6.47. The van der Waals surface area contributed by atoms with E-state index in [-0.39, 0.29) is 29.6 Å². The summed E-state index contributed by atoms with van der Waals surface area (Å²) in [6, 6.07) is 0. The van der Waals surface area contributed by atoms with Crippen LogP contribution in [-0.2, 0) is 18.8 Å². The number of ether oxygens (including phenoxy) is 1. The van der Waals surface area contributed by atoms with Gasteiger partial charge in [-0.15, -0.1) is 0 Å². The Labute approximate surface area is 111 Å². The molecule has 0 saturated heterocycles. The minimum absolute atomic E-state index is 0.0368. The number of ketones is 1. The third kappa shape index (κ3) is 5.31. The van der Waals surface area contributed by atoms with Crippen molar-refractivity contribution >= 4 is 20.1 Å². The zero-order valence-electron chi connectivity index (χ0n) is 12.6. The first-order valence-electron chi connectivity index (χ1n) is 6.28. The number of hydrogen-bond acceptors (Lipinski definition) is 4. The molecule has 0 aromatic rings. The molecule has 0 radical (unpaired) electrons. The number of carbonyl (C=O) groups is 2. The Bertz CT molecular complexity index is 305. The number of hydrogen-bond donors (Lipinski definition) is 0. The quantitative estimate of drug-likeness (QED) is 0.552. The number of methoxy groups -OCH3 is 1. The van der Waals surface area contributed by atoms with Crippen LogP contribution in [0.1, 0.15) is 40.5 Å². The van der Waals surface area contributed by atoms with E-state index in [0.717, 1.165) is 0 Å². The molecule has 106 valence electrons. The topological polar surface area (TPSA) is 52.6 Å². The SMILES string of the molecule is COC(=O)CCC(=O)[C@H](C)O[Si](C)(C)C(C)(C)C. The average molecular weight is 274 g/mol. The highest BCUT2D eigenvalue weighted by atomic mass is 28.4. The average Bonchev–Trinajstić information content (AvgIpc) is 2.22. The van der Waals surface area contributed by atoms with Crippen LogP contribution in [0.2, 0.25) is 18.1 Å². The van der Waals surface area contributed by atoms with Crippen molar-refractivity contribution in [3.05, 3.63) is 0 Å².